The highest BCUT2D eigenvalue weighted by Gasteiger charge is 2.22. The van der Waals surface area contributed by atoms with Crippen molar-refractivity contribution in [2.75, 3.05) is 26.3 Å². The van der Waals surface area contributed by atoms with Crippen LogP contribution in [0, 0.1) is 0 Å². The summed E-state index contributed by atoms with van der Waals surface area (Å²) in [5, 5.41) is 6.27. The lowest BCUT2D eigenvalue weighted by Crippen LogP contribution is -2.27. The van der Waals surface area contributed by atoms with Crippen molar-refractivity contribution in [1.82, 2.24) is 10.6 Å². The Balaban J connectivity index is 1.73. The van der Waals surface area contributed by atoms with Gasteiger partial charge in [0.2, 0.25) is 5.91 Å². The maximum Gasteiger partial charge on any atom is 0.220 e. The normalized spacial score (nSPS) is 14.9. The second-order valence-electron chi connectivity index (χ2n) is 4.66. The fraction of sp³-hybridized carbons (Fsp3) is 0.923. The van der Waals surface area contributed by atoms with E-state index in [1.807, 2.05) is 0 Å². The third-order valence-corrected chi connectivity index (χ3v) is 2.77. The molecule has 4 heteroatoms. The summed E-state index contributed by atoms with van der Waals surface area (Å²) in [6, 6.07) is 0.488. The first-order chi connectivity index (χ1) is 8.33. The van der Waals surface area contributed by atoms with Crippen LogP contribution in [0.2, 0.25) is 0 Å². The monoisotopic (exact) mass is 242 g/mol. The Bertz CT molecular complexity index is 206. The molecule has 0 spiro atoms. The standard InChI is InChI=1S/C13H26N2O2/c1-2-3-10-17-11-9-14-8-4-5-13(16)15-12-6-7-12/h12,14H,2-11H2,1H3,(H,15,16). The Morgan fingerprint density at radius 1 is 1.24 bits per heavy atom. The molecule has 1 aliphatic rings. The second kappa shape index (κ2) is 9.42. The van der Waals surface area contributed by atoms with E-state index in [1.54, 1.807) is 0 Å². The molecule has 100 valence electrons. The number of carbonyl (C=O) groups excluding carboxylic acids is 1. The maximum atomic E-state index is 11.3. The Hall–Kier alpha value is -0.610. The molecule has 1 saturated carbocycles. The van der Waals surface area contributed by atoms with Crippen molar-refractivity contribution in [3.8, 4) is 0 Å². The number of carbonyl (C=O) groups is 1. The highest BCUT2D eigenvalue weighted by Crippen LogP contribution is 2.18. The first kappa shape index (κ1) is 14.5. The van der Waals surface area contributed by atoms with E-state index in [0.29, 0.717) is 12.5 Å². The molecular weight excluding hydrogens is 216 g/mol. The molecule has 4 nitrogen and oxygen atoms in total. The van der Waals surface area contributed by atoms with E-state index in [2.05, 4.69) is 17.6 Å². The number of hydrogen-bond acceptors (Lipinski definition) is 3. The topological polar surface area (TPSA) is 50.4 Å². The molecule has 2 N–H and O–H groups in total. The Labute approximate surface area is 104 Å². The zero-order valence-electron chi connectivity index (χ0n) is 11.0. The predicted molar refractivity (Wildman–Crippen MR) is 69.0 cm³/mol. The van der Waals surface area contributed by atoms with Crippen LogP contribution in [0.4, 0.5) is 0 Å². The third kappa shape index (κ3) is 9.12. The molecular formula is C13H26N2O2. The molecule has 1 rings (SSSR count). The molecule has 1 amide bonds. The van der Waals surface area contributed by atoms with E-state index in [1.165, 1.54) is 19.3 Å². The van der Waals surface area contributed by atoms with Crippen LogP contribution in [0.5, 0.6) is 0 Å². The van der Waals surface area contributed by atoms with Gasteiger partial charge in [-0.25, -0.2) is 0 Å². The van der Waals surface area contributed by atoms with Gasteiger partial charge in [0.25, 0.3) is 0 Å². The van der Waals surface area contributed by atoms with E-state index in [-0.39, 0.29) is 5.91 Å². The van der Waals surface area contributed by atoms with Crippen molar-refractivity contribution in [2.24, 2.45) is 0 Å². The summed E-state index contributed by atoms with van der Waals surface area (Å²) in [4.78, 5) is 11.3. The third-order valence-electron chi connectivity index (χ3n) is 2.77. The number of amides is 1. The van der Waals surface area contributed by atoms with E-state index in [0.717, 1.165) is 39.1 Å². The largest absolute Gasteiger partial charge is 0.380 e. The number of nitrogens with one attached hydrogen (secondary N) is 2. The minimum atomic E-state index is 0.202. The lowest BCUT2D eigenvalue weighted by atomic mass is 10.3. The Morgan fingerprint density at radius 2 is 2.06 bits per heavy atom. The van der Waals surface area contributed by atoms with Crippen LogP contribution in [-0.2, 0) is 9.53 Å². The first-order valence-corrected chi connectivity index (χ1v) is 6.90. The Morgan fingerprint density at radius 3 is 2.76 bits per heavy atom. The summed E-state index contributed by atoms with van der Waals surface area (Å²) < 4.78 is 5.42. The van der Waals surface area contributed by atoms with Crippen molar-refractivity contribution in [3.63, 3.8) is 0 Å². The van der Waals surface area contributed by atoms with Crippen LogP contribution >= 0.6 is 0 Å². The lowest BCUT2D eigenvalue weighted by Gasteiger charge is -2.06. The number of ether oxygens (including phenoxy) is 1. The predicted octanol–water partition coefficient (Wildman–Crippen LogP) is 1.45. The van der Waals surface area contributed by atoms with Crippen molar-refractivity contribution in [2.45, 2.75) is 51.5 Å². The summed E-state index contributed by atoms with van der Waals surface area (Å²) in [6.07, 6.45) is 6.21. The second-order valence-corrected chi connectivity index (χ2v) is 4.66. The molecule has 0 aromatic carbocycles. The van der Waals surface area contributed by atoms with Gasteiger partial charge in [-0.2, -0.15) is 0 Å². The van der Waals surface area contributed by atoms with Crippen molar-refractivity contribution in [3.05, 3.63) is 0 Å². The van der Waals surface area contributed by atoms with Gasteiger partial charge in [0.1, 0.15) is 0 Å². The Kier molecular flexibility index (Phi) is 8.01. The van der Waals surface area contributed by atoms with Gasteiger partial charge in [0.15, 0.2) is 0 Å². The molecule has 0 aliphatic heterocycles. The molecule has 0 saturated heterocycles. The van der Waals surface area contributed by atoms with Crippen molar-refractivity contribution in [1.29, 1.82) is 0 Å². The van der Waals surface area contributed by atoms with Gasteiger partial charge >= 0.3 is 0 Å². The van der Waals surface area contributed by atoms with Crippen LogP contribution in [-0.4, -0.2) is 38.3 Å². The smallest absolute Gasteiger partial charge is 0.220 e. The highest BCUT2D eigenvalue weighted by atomic mass is 16.5. The average molecular weight is 242 g/mol. The van der Waals surface area contributed by atoms with Crippen molar-refractivity contribution < 1.29 is 9.53 Å². The molecule has 0 unspecified atom stereocenters. The summed E-state index contributed by atoms with van der Waals surface area (Å²) in [5.74, 6) is 0.202. The molecule has 1 aliphatic carbocycles. The van der Waals surface area contributed by atoms with E-state index < -0.39 is 0 Å². The minimum Gasteiger partial charge on any atom is -0.380 e. The minimum absolute atomic E-state index is 0.202. The van der Waals surface area contributed by atoms with Gasteiger partial charge in [-0.05, 0) is 32.2 Å². The lowest BCUT2D eigenvalue weighted by molar-refractivity contribution is -0.121. The summed E-state index contributed by atoms with van der Waals surface area (Å²) >= 11 is 0. The summed E-state index contributed by atoms with van der Waals surface area (Å²) in [7, 11) is 0. The van der Waals surface area contributed by atoms with Gasteiger partial charge in [0, 0.05) is 25.6 Å². The number of rotatable bonds is 11. The van der Waals surface area contributed by atoms with Crippen LogP contribution in [0.3, 0.4) is 0 Å². The zero-order valence-corrected chi connectivity index (χ0v) is 11.0. The van der Waals surface area contributed by atoms with Gasteiger partial charge < -0.3 is 15.4 Å². The van der Waals surface area contributed by atoms with Crippen LogP contribution in [0.25, 0.3) is 0 Å². The molecule has 0 atom stereocenters. The average Bonchev–Trinajstić information content (AvgIpc) is 3.11. The highest BCUT2D eigenvalue weighted by molar-refractivity contribution is 5.76. The molecule has 0 aromatic rings. The molecule has 1 fully saturated rings. The van der Waals surface area contributed by atoms with E-state index >= 15 is 0 Å². The SMILES string of the molecule is CCCCOCCNCCCC(=O)NC1CC1. The number of unbranched alkanes of at least 4 members (excludes halogenated alkanes) is 1. The first-order valence-electron chi connectivity index (χ1n) is 6.90. The molecule has 0 bridgehead atoms. The summed E-state index contributed by atoms with van der Waals surface area (Å²) in [6.45, 7) is 5.58. The molecule has 0 aromatic heterocycles. The zero-order chi connectivity index (χ0) is 12.3. The fourth-order valence-electron chi connectivity index (χ4n) is 1.52. The van der Waals surface area contributed by atoms with Gasteiger partial charge in [-0.15, -0.1) is 0 Å². The van der Waals surface area contributed by atoms with E-state index in [4.69, 9.17) is 4.74 Å². The van der Waals surface area contributed by atoms with Gasteiger partial charge in [-0.1, -0.05) is 13.3 Å². The van der Waals surface area contributed by atoms with Crippen LogP contribution < -0.4 is 10.6 Å². The van der Waals surface area contributed by atoms with E-state index in [9.17, 15) is 4.79 Å². The van der Waals surface area contributed by atoms with Crippen LogP contribution in [0.1, 0.15) is 45.4 Å². The van der Waals surface area contributed by atoms with Crippen molar-refractivity contribution >= 4 is 5.91 Å². The number of hydrogen-bond donors (Lipinski definition) is 2. The molecule has 0 radical (unpaired) electrons. The van der Waals surface area contributed by atoms with Crippen LogP contribution in [0.15, 0.2) is 0 Å². The summed E-state index contributed by atoms with van der Waals surface area (Å²) in [5.41, 5.74) is 0. The molecule has 0 heterocycles. The van der Waals surface area contributed by atoms with Gasteiger partial charge in [-0.3, -0.25) is 4.79 Å². The molecule has 17 heavy (non-hydrogen) atoms. The quantitative estimate of drug-likeness (QED) is 0.539. The maximum absolute atomic E-state index is 11.3. The fourth-order valence-corrected chi connectivity index (χ4v) is 1.52. The van der Waals surface area contributed by atoms with Gasteiger partial charge in [0.05, 0.1) is 6.61 Å².